The summed E-state index contributed by atoms with van der Waals surface area (Å²) in [6.45, 7) is 10.8. The van der Waals surface area contributed by atoms with Crippen LogP contribution in [0.25, 0.3) is 0 Å². The van der Waals surface area contributed by atoms with Crippen LogP contribution in [0.5, 0.6) is 0 Å². The molecule has 2 heteroatoms. The third-order valence-corrected chi connectivity index (χ3v) is 3.15. The molecule has 1 rings (SSSR count). The maximum atomic E-state index is 6.50. The first kappa shape index (κ1) is 14.5. The summed E-state index contributed by atoms with van der Waals surface area (Å²) < 4.78 is 0. The van der Waals surface area contributed by atoms with Crippen molar-refractivity contribution in [3.05, 3.63) is 0 Å². The number of hydrogen-bond acceptors (Lipinski definition) is 2. The average Bonchev–Trinajstić information content (AvgIpc) is 2.31. The molecule has 0 amide bonds. The Hall–Kier alpha value is -0.550. The van der Waals surface area contributed by atoms with Gasteiger partial charge in [0.15, 0.2) is 0 Å². The van der Waals surface area contributed by atoms with Crippen LogP contribution in [-0.4, -0.2) is 24.0 Å². The summed E-state index contributed by atoms with van der Waals surface area (Å²) in [7, 11) is 0. The van der Waals surface area contributed by atoms with Gasteiger partial charge in [-0.2, -0.15) is 0 Å². The zero-order valence-electron chi connectivity index (χ0n) is 10.4. The molecule has 0 aliphatic carbocycles. The molecule has 0 bridgehead atoms. The minimum absolute atomic E-state index is 0.925. The quantitative estimate of drug-likeness (QED) is 0.693. The van der Waals surface area contributed by atoms with Crippen molar-refractivity contribution < 1.29 is 0 Å². The lowest BCUT2D eigenvalue weighted by Gasteiger charge is -2.35. The van der Waals surface area contributed by atoms with Gasteiger partial charge >= 0.3 is 0 Å². The Balaban J connectivity index is 0.000000921. The maximum absolute atomic E-state index is 6.50. The molecule has 1 saturated heterocycles. The first-order valence-electron chi connectivity index (χ1n) is 6.38. The molecule has 1 fully saturated rings. The number of rotatable bonds is 5. The Morgan fingerprint density at radius 2 is 1.93 bits per heavy atom. The summed E-state index contributed by atoms with van der Waals surface area (Å²) in [5, 5.41) is 6.50. The van der Waals surface area contributed by atoms with Crippen LogP contribution in [0.3, 0.4) is 0 Å². The second-order valence-electron chi connectivity index (χ2n) is 4.33. The van der Waals surface area contributed by atoms with Crippen LogP contribution in [0.1, 0.15) is 58.8 Å². The fourth-order valence-electron chi connectivity index (χ4n) is 2.41. The van der Waals surface area contributed by atoms with Gasteiger partial charge in [0.25, 0.3) is 0 Å². The Kier molecular flexibility index (Phi) is 9.62. The molecule has 2 nitrogen and oxygen atoms in total. The van der Waals surface area contributed by atoms with Crippen molar-refractivity contribution in [3.8, 4) is 6.57 Å². The smallest absolute Gasteiger partial charge is 0.0462 e. The molecule has 0 saturated carbocycles. The van der Waals surface area contributed by atoms with Crippen molar-refractivity contribution in [2.24, 2.45) is 0 Å². The van der Waals surface area contributed by atoms with Gasteiger partial charge < -0.3 is 4.90 Å². The topological polar surface area (TPSA) is 27.0 Å². The number of nitrogens with zero attached hydrogens (tertiary/aromatic N) is 2. The van der Waals surface area contributed by atoms with Crippen molar-refractivity contribution in [2.45, 2.75) is 64.8 Å². The third-order valence-electron chi connectivity index (χ3n) is 3.15. The van der Waals surface area contributed by atoms with Gasteiger partial charge in [0.1, 0.15) is 0 Å². The van der Waals surface area contributed by atoms with Crippen molar-refractivity contribution in [3.63, 3.8) is 0 Å². The minimum Gasteiger partial charge on any atom is -0.300 e. The normalized spacial score (nSPS) is 21.7. The molecular weight excluding hydrogens is 184 g/mol. The molecule has 1 unspecified atom stereocenters. The molecule has 1 aliphatic heterocycles. The van der Waals surface area contributed by atoms with Crippen LogP contribution >= 0.6 is 0 Å². The molecule has 0 aromatic rings. The minimum atomic E-state index is 0.925. The summed E-state index contributed by atoms with van der Waals surface area (Å²) in [5.41, 5.74) is 0. The van der Waals surface area contributed by atoms with Gasteiger partial charge in [-0.1, -0.05) is 33.1 Å². The zero-order chi connectivity index (χ0) is 11.5. The van der Waals surface area contributed by atoms with E-state index in [4.69, 9.17) is 5.26 Å². The standard InChI is InChI=1S/C12H25N.CHN/c1-3-5-8-12-9-6-7-11-13(12)10-4-2;1-2/h12H,3-11H2,1-2H3;1H. The molecule has 1 heterocycles. The van der Waals surface area contributed by atoms with E-state index < -0.39 is 0 Å². The van der Waals surface area contributed by atoms with E-state index in [1.807, 2.05) is 0 Å². The van der Waals surface area contributed by atoms with Gasteiger partial charge in [0, 0.05) is 12.6 Å². The summed E-state index contributed by atoms with van der Waals surface area (Å²) >= 11 is 0. The highest BCUT2D eigenvalue weighted by Crippen LogP contribution is 2.21. The molecule has 0 aromatic heterocycles. The van der Waals surface area contributed by atoms with Crippen LogP contribution in [0.2, 0.25) is 0 Å². The number of unbranched alkanes of at least 4 members (excludes halogenated alkanes) is 1. The highest BCUT2D eigenvalue weighted by Gasteiger charge is 2.20. The Morgan fingerprint density at radius 1 is 1.20 bits per heavy atom. The van der Waals surface area contributed by atoms with Crippen LogP contribution in [0.4, 0.5) is 0 Å². The van der Waals surface area contributed by atoms with Gasteiger partial charge in [0.05, 0.1) is 0 Å². The lowest BCUT2D eigenvalue weighted by molar-refractivity contribution is 0.138. The highest BCUT2D eigenvalue weighted by atomic mass is 15.2. The Bertz CT molecular complexity index is 152. The van der Waals surface area contributed by atoms with Crippen LogP contribution in [0.15, 0.2) is 0 Å². The van der Waals surface area contributed by atoms with E-state index in [1.165, 1.54) is 58.0 Å². The highest BCUT2D eigenvalue weighted by molar-refractivity contribution is 4.76. The molecule has 1 aliphatic rings. The fourth-order valence-corrected chi connectivity index (χ4v) is 2.41. The molecule has 0 N–H and O–H groups in total. The van der Waals surface area contributed by atoms with E-state index in [2.05, 4.69) is 25.3 Å². The number of hydrogen-bond donors (Lipinski definition) is 0. The first-order valence-corrected chi connectivity index (χ1v) is 6.38. The van der Waals surface area contributed by atoms with Gasteiger partial charge in [-0.3, -0.25) is 0 Å². The molecular formula is C13H26N2. The number of likely N-dealkylation sites (tertiary alicyclic amines) is 1. The van der Waals surface area contributed by atoms with Crippen molar-refractivity contribution >= 4 is 0 Å². The summed E-state index contributed by atoms with van der Waals surface area (Å²) in [4.78, 5) is 2.72. The summed E-state index contributed by atoms with van der Waals surface area (Å²) in [6, 6.07) is 0.925. The molecule has 0 spiro atoms. The monoisotopic (exact) mass is 210 g/mol. The van der Waals surface area contributed by atoms with E-state index in [-0.39, 0.29) is 0 Å². The van der Waals surface area contributed by atoms with Crippen molar-refractivity contribution in [1.29, 1.82) is 5.26 Å². The Labute approximate surface area is 95.3 Å². The third kappa shape index (κ3) is 5.79. The van der Waals surface area contributed by atoms with E-state index in [0.29, 0.717) is 0 Å². The van der Waals surface area contributed by atoms with Gasteiger partial charge in [-0.05, 0) is 38.8 Å². The van der Waals surface area contributed by atoms with Crippen molar-refractivity contribution in [1.82, 2.24) is 4.90 Å². The van der Waals surface area contributed by atoms with Crippen LogP contribution in [-0.2, 0) is 0 Å². The number of nitriles is 1. The van der Waals surface area contributed by atoms with E-state index >= 15 is 0 Å². The van der Waals surface area contributed by atoms with Gasteiger partial charge in [0.2, 0.25) is 0 Å². The second-order valence-corrected chi connectivity index (χ2v) is 4.33. The molecule has 0 radical (unpaired) electrons. The largest absolute Gasteiger partial charge is 0.300 e. The molecule has 15 heavy (non-hydrogen) atoms. The zero-order valence-corrected chi connectivity index (χ0v) is 10.4. The summed E-state index contributed by atoms with van der Waals surface area (Å²) in [6.07, 6.45) is 9.90. The van der Waals surface area contributed by atoms with E-state index in [1.54, 1.807) is 0 Å². The van der Waals surface area contributed by atoms with E-state index in [9.17, 15) is 0 Å². The molecule has 1 atom stereocenters. The average molecular weight is 210 g/mol. The Morgan fingerprint density at radius 3 is 2.53 bits per heavy atom. The fraction of sp³-hybridized carbons (Fsp3) is 0.923. The number of piperidine rings is 1. The van der Waals surface area contributed by atoms with Crippen LogP contribution < -0.4 is 0 Å². The van der Waals surface area contributed by atoms with Crippen molar-refractivity contribution in [2.75, 3.05) is 13.1 Å². The SMILES string of the molecule is C#N.CCCCC1CCCCN1CCC. The predicted octanol–water partition coefficient (Wildman–Crippen LogP) is 3.58. The lowest BCUT2D eigenvalue weighted by atomic mass is 9.97. The second kappa shape index (κ2) is 9.98. The van der Waals surface area contributed by atoms with E-state index in [0.717, 1.165) is 6.04 Å². The maximum Gasteiger partial charge on any atom is 0.0462 e. The van der Waals surface area contributed by atoms with Crippen LogP contribution in [0, 0.1) is 11.8 Å². The first-order chi connectivity index (χ1) is 7.38. The summed E-state index contributed by atoms with van der Waals surface area (Å²) in [5.74, 6) is 0. The lowest BCUT2D eigenvalue weighted by Crippen LogP contribution is -2.39. The van der Waals surface area contributed by atoms with Gasteiger partial charge in [-0.15, -0.1) is 0 Å². The predicted molar refractivity (Wildman–Crippen MR) is 65.7 cm³/mol. The molecule has 88 valence electrons. The molecule has 0 aromatic carbocycles. The van der Waals surface area contributed by atoms with Gasteiger partial charge in [-0.25, -0.2) is 5.26 Å².